The third-order valence-corrected chi connectivity index (χ3v) is 17.9. The molecule has 2 atom stereocenters. The van der Waals surface area contributed by atoms with Gasteiger partial charge >= 0.3 is 0 Å². The van der Waals surface area contributed by atoms with E-state index in [2.05, 4.69) is 73.0 Å². The summed E-state index contributed by atoms with van der Waals surface area (Å²) in [5.41, 5.74) is 5.26. The van der Waals surface area contributed by atoms with Gasteiger partial charge in [0.1, 0.15) is 11.3 Å². The van der Waals surface area contributed by atoms with Gasteiger partial charge in [0, 0.05) is 93.2 Å². The second-order valence-electron chi connectivity index (χ2n) is 22.8. The zero-order valence-electron chi connectivity index (χ0n) is 41.7. The molecule has 12 rings (SSSR count). The lowest BCUT2D eigenvalue weighted by Gasteiger charge is -2.48. The van der Waals surface area contributed by atoms with Crippen LogP contribution in [0.4, 0.5) is 17.3 Å². The van der Waals surface area contributed by atoms with Crippen molar-refractivity contribution in [1.29, 1.82) is 0 Å². The summed E-state index contributed by atoms with van der Waals surface area (Å²) in [5.74, 6) is 1.09. The molecule has 1 spiro atoms. The molecule has 2 N–H and O–H groups in total. The molecule has 9 heterocycles. The molecule has 2 aliphatic carbocycles. The second kappa shape index (κ2) is 18.0. The van der Waals surface area contributed by atoms with Gasteiger partial charge in [0.05, 0.1) is 34.3 Å². The summed E-state index contributed by atoms with van der Waals surface area (Å²) in [6.07, 6.45) is 15.7. The quantitative estimate of drug-likeness (QED) is 0.166. The Morgan fingerprint density at radius 1 is 0.817 bits per heavy atom. The Kier molecular flexibility index (Phi) is 11.7. The number of nitrogens with zero attached hydrogens (tertiary/aromatic N) is 9. The van der Waals surface area contributed by atoms with E-state index in [9.17, 15) is 19.2 Å². The van der Waals surface area contributed by atoms with Gasteiger partial charge < -0.3 is 34.4 Å². The zero-order valence-corrected chi connectivity index (χ0v) is 41.7. The molecule has 6 aliphatic heterocycles. The molecule has 4 aromatic rings. The Morgan fingerprint density at radius 3 is 2.28 bits per heavy atom. The zero-order chi connectivity index (χ0) is 48.8. The van der Waals surface area contributed by atoms with Crippen molar-refractivity contribution >= 4 is 57.9 Å². The monoisotopic (exact) mass is 964 g/mol. The molecule has 7 fully saturated rings. The van der Waals surface area contributed by atoms with Crippen molar-refractivity contribution in [3.05, 3.63) is 60.0 Å². The minimum Gasteiger partial charge on any atom is -0.366 e. The number of fused-ring (bicyclic) bond motifs is 3. The molecule has 16 nitrogen and oxygen atoms in total. The lowest BCUT2D eigenvalue weighted by atomic mass is 9.72. The van der Waals surface area contributed by atoms with Gasteiger partial charge in [0.15, 0.2) is 5.82 Å². The molecule has 71 heavy (non-hydrogen) atoms. The molecule has 374 valence electrons. The Labute approximate surface area is 416 Å². The number of hydrogen-bond acceptors (Lipinski definition) is 11. The average molecular weight is 964 g/mol. The second-order valence-corrected chi connectivity index (χ2v) is 22.8. The van der Waals surface area contributed by atoms with E-state index in [1.165, 1.54) is 19.3 Å². The van der Waals surface area contributed by atoms with E-state index in [-0.39, 0.29) is 53.5 Å². The first-order valence-electron chi connectivity index (χ1n) is 26.9. The van der Waals surface area contributed by atoms with Crippen molar-refractivity contribution < 1.29 is 24.0 Å². The first kappa shape index (κ1) is 46.2. The number of likely N-dealkylation sites (tertiary alicyclic amines) is 3. The maximum atomic E-state index is 15.3. The van der Waals surface area contributed by atoms with Gasteiger partial charge in [-0.2, -0.15) is 0 Å². The molecular weight excluding hydrogens is 895 g/mol. The van der Waals surface area contributed by atoms with Crippen molar-refractivity contribution in [3.63, 3.8) is 0 Å². The van der Waals surface area contributed by atoms with Crippen LogP contribution in [0.2, 0.25) is 0 Å². The minimum atomic E-state index is -0.703. The SMILES string of the molecule is CC(C)n1cnc2cc(-c3ccc4c(c3)N([C@H]3C[C@@H](N5CCCCC5)C3)C(=O)C43CCN(C(=O)[C@]4(C)CCN(C(=O)C5CCN(c6ccc(C7CCC(=O)NC7=O)cn6)CC5)C4)CC3)nc(NC3CC3)c21. The number of nitrogens with one attached hydrogen (secondary N) is 2. The van der Waals surface area contributed by atoms with Gasteiger partial charge in [-0.05, 0) is 140 Å². The van der Waals surface area contributed by atoms with E-state index in [0.717, 1.165) is 89.5 Å². The van der Waals surface area contributed by atoms with Gasteiger partial charge in [-0.3, -0.25) is 29.3 Å². The highest BCUT2D eigenvalue weighted by atomic mass is 16.2. The van der Waals surface area contributed by atoms with E-state index in [1.807, 2.05) is 35.2 Å². The van der Waals surface area contributed by atoms with Crippen LogP contribution in [-0.4, -0.2) is 134 Å². The highest BCUT2D eigenvalue weighted by Crippen LogP contribution is 2.53. The summed E-state index contributed by atoms with van der Waals surface area (Å²) in [7, 11) is 0. The molecule has 0 bridgehead atoms. The number of aromatic nitrogens is 4. The van der Waals surface area contributed by atoms with Crippen molar-refractivity contribution in [3.8, 4) is 11.3 Å². The lowest BCUT2D eigenvalue weighted by molar-refractivity contribution is -0.145. The summed E-state index contributed by atoms with van der Waals surface area (Å²) in [4.78, 5) is 93.7. The number of imide groups is 1. The van der Waals surface area contributed by atoms with E-state index in [1.54, 1.807) is 6.20 Å². The van der Waals surface area contributed by atoms with Crippen molar-refractivity contribution in [2.45, 2.75) is 146 Å². The summed E-state index contributed by atoms with van der Waals surface area (Å²) < 4.78 is 2.19. The normalized spacial score (nSPS) is 27.2. The largest absolute Gasteiger partial charge is 0.366 e. The van der Waals surface area contributed by atoms with Crippen LogP contribution in [-0.2, 0) is 29.4 Å². The predicted octanol–water partition coefficient (Wildman–Crippen LogP) is 6.55. The Morgan fingerprint density at radius 2 is 1.58 bits per heavy atom. The number of carbonyl (C=O) groups excluding carboxylic acids is 5. The fourth-order valence-corrected chi connectivity index (χ4v) is 13.3. The number of benzene rings is 1. The van der Waals surface area contributed by atoms with Crippen LogP contribution < -0.4 is 20.4 Å². The van der Waals surface area contributed by atoms with Gasteiger partial charge in [-0.15, -0.1) is 0 Å². The third-order valence-electron chi connectivity index (χ3n) is 17.9. The number of carbonyl (C=O) groups is 5. The number of amides is 5. The highest BCUT2D eigenvalue weighted by molar-refractivity contribution is 6.09. The van der Waals surface area contributed by atoms with Crippen LogP contribution in [0, 0.1) is 11.3 Å². The number of imidazole rings is 1. The minimum absolute atomic E-state index is 0.0857. The van der Waals surface area contributed by atoms with Crippen molar-refractivity contribution in [1.82, 2.24) is 39.5 Å². The smallest absolute Gasteiger partial charge is 0.238 e. The van der Waals surface area contributed by atoms with E-state index in [4.69, 9.17) is 9.97 Å². The van der Waals surface area contributed by atoms with Crippen LogP contribution in [0.15, 0.2) is 48.9 Å². The third kappa shape index (κ3) is 8.25. The van der Waals surface area contributed by atoms with Crippen LogP contribution in [0.5, 0.6) is 0 Å². The number of rotatable bonds is 10. The number of hydrogen-bond donors (Lipinski definition) is 2. The maximum Gasteiger partial charge on any atom is 0.238 e. The summed E-state index contributed by atoms with van der Waals surface area (Å²) in [5, 5.41) is 6.13. The topological polar surface area (TPSA) is 169 Å². The summed E-state index contributed by atoms with van der Waals surface area (Å²) in [6.45, 7) is 12.0. The van der Waals surface area contributed by atoms with Gasteiger partial charge in [-0.25, -0.2) is 15.0 Å². The molecule has 16 heteroatoms. The fraction of sp³-hybridized carbons (Fsp3) is 0.600. The van der Waals surface area contributed by atoms with Crippen molar-refractivity contribution in [2.24, 2.45) is 11.3 Å². The summed E-state index contributed by atoms with van der Waals surface area (Å²) >= 11 is 0. The first-order valence-corrected chi connectivity index (χ1v) is 26.9. The molecule has 2 saturated carbocycles. The summed E-state index contributed by atoms with van der Waals surface area (Å²) in [6, 6.07) is 13.8. The molecule has 1 unspecified atom stereocenters. The van der Waals surface area contributed by atoms with E-state index in [0.29, 0.717) is 96.3 Å². The van der Waals surface area contributed by atoms with Crippen LogP contribution >= 0.6 is 0 Å². The average Bonchev–Trinajstić information content (AvgIpc) is 3.84. The standard InChI is InChI=1S/C55H69N11O5/c1-34(2)65-33-57-44-30-43(59-49(48(44)65)58-38-9-10-38)36-7-12-42-45(27-36)66(40-28-39(29-40)61-20-5-4-6-21-61)53(71)55(42)18-25-63(26-19-55)52(70)54(3)17-24-64(32-54)51(69)35-15-22-62(23-16-35)46-13-8-37(31-56-46)41-11-14-47(67)60-50(41)68/h7-8,12-13,27,30-31,33-35,38-41H,4-6,9-11,14-26,28-29,32H2,1-3H3,(H,58,59)(H,60,67,68)/t39-,40+,41?,54-/m1/s1. The number of anilines is 3. The molecule has 3 aromatic heterocycles. The predicted molar refractivity (Wildman–Crippen MR) is 271 cm³/mol. The molecule has 8 aliphatic rings. The molecular formula is C55H69N11O5. The number of pyridine rings is 2. The van der Waals surface area contributed by atoms with Gasteiger partial charge in [-0.1, -0.05) is 24.6 Å². The Hall–Kier alpha value is -5.90. The van der Waals surface area contributed by atoms with Crippen molar-refractivity contribution in [2.75, 3.05) is 67.5 Å². The van der Waals surface area contributed by atoms with Gasteiger partial charge in [0.25, 0.3) is 0 Å². The number of piperidine rings is 4. The van der Waals surface area contributed by atoms with E-state index >= 15 is 4.79 Å². The van der Waals surface area contributed by atoms with Crippen LogP contribution in [0.25, 0.3) is 22.3 Å². The lowest BCUT2D eigenvalue weighted by Crippen LogP contribution is -2.59. The van der Waals surface area contributed by atoms with Crippen LogP contribution in [0.3, 0.4) is 0 Å². The van der Waals surface area contributed by atoms with Gasteiger partial charge in [0.2, 0.25) is 29.5 Å². The molecule has 0 radical (unpaired) electrons. The Bertz CT molecular complexity index is 2760. The molecule has 5 saturated heterocycles. The fourth-order valence-electron chi connectivity index (χ4n) is 13.3. The molecule has 1 aromatic carbocycles. The first-order chi connectivity index (χ1) is 34.4. The highest BCUT2D eigenvalue weighted by Gasteiger charge is 2.57. The van der Waals surface area contributed by atoms with E-state index < -0.39 is 10.8 Å². The molecule has 5 amide bonds. The Balaban J connectivity index is 0.723. The van der Waals surface area contributed by atoms with Crippen LogP contribution in [0.1, 0.15) is 134 Å². The maximum absolute atomic E-state index is 15.3.